The molecule has 0 heterocycles. The summed E-state index contributed by atoms with van der Waals surface area (Å²) < 4.78 is 0. The van der Waals surface area contributed by atoms with Gasteiger partial charge in [-0.05, 0) is 24.3 Å². The highest BCUT2D eigenvalue weighted by Crippen LogP contribution is 2.06. The lowest BCUT2D eigenvalue weighted by Gasteiger charge is -1.97. The molecule has 0 radical (unpaired) electrons. The van der Waals surface area contributed by atoms with E-state index in [0.717, 1.165) is 17.5 Å². The summed E-state index contributed by atoms with van der Waals surface area (Å²) in [6, 6.07) is 7.33. The van der Waals surface area contributed by atoms with E-state index in [1.807, 2.05) is 24.3 Å². The Morgan fingerprint density at radius 3 is 2.62 bits per heavy atom. The van der Waals surface area contributed by atoms with E-state index < -0.39 is 0 Å². The number of hydrazine groups is 1. The second kappa shape index (κ2) is 4.96. The van der Waals surface area contributed by atoms with Gasteiger partial charge in [0, 0.05) is 11.3 Å². The van der Waals surface area contributed by atoms with Gasteiger partial charge in [-0.3, -0.25) is 5.84 Å². The average Bonchev–Trinajstić information content (AvgIpc) is 2.19. The highest BCUT2D eigenvalue weighted by molar-refractivity contribution is 5.55. The molecule has 0 bridgehead atoms. The number of nitrogen functional groups attached to an aromatic ring is 1. The lowest BCUT2D eigenvalue weighted by atomic mass is 10.2. The second-order valence-electron chi connectivity index (χ2n) is 2.39. The molecule has 1 aromatic rings. The monoisotopic (exact) mass is 174 g/mol. The van der Waals surface area contributed by atoms with Crippen molar-refractivity contribution in [3.05, 3.63) is 29.8 Å². The van der Waals surface area contributed by atoms with E-state index in [1.54, 1.807) is 0 Å². The van der Waals surface area contributed by atoms with Gasteiger partial charge in [-0.2, -0.15) is 0 Å². The van der Waals surface area contributed by atoms with Crippen LogP contribution in [0.3, 0.4) is 0 Å². The first-order valence-electron chi connectivity index (χ1n) is 3.86. The fourth-order valence-corrected chi connectivity index (χ4v) is 0.845. The van der Waals surface area contributed by atoms with Crippen molar-refractivity contribution in [2.45, 2.75) is 6.42 Å². The predicted octanol–water partition coefficient (Wildman–Crippen LogP) is 0.913. The Labute approximate surface area is 76.9 Å². The molecule has 13 heavy (non-hydrogen) atoms. The highest BCUT2D eigenvalue weighted by Gasteiger charge is 1.87. The molecule has 3 N–H and O–H groups in total. The molecule has 0 atom stereocenters. The summed E-state index contributed by atoms with van der Waals surface area (Å²) in [6.07, 6.45) is 1.06. The molecule has 3 nitrogen and oxygen atoms in total. The van der Waals surface area contributed by atoms with Crippen molar-refractivity contribution in [1.29, 1.82) is 0 Å². The zero-order chi connectivity index (χ0) is 9.52. The van der Waals surface area contributed by atoms with Gasteiger partial charge in [0.2, 0.25) is 0 Å². The van der Waals surface area contributed by atoms with Gasteiger partial charge in [0.15, 0.2) is 0 Å². The highest BCUT2D eigenvalue weighted by atomic mass is 16.1. The van der Waals surface area contributed by atoms with Crippen molar-refractivity contribution in [1.82, 2.24) is 0 Å². The zero-order valence-corrected chi connectivity index (χ0v) is 7.08. The molecule has 0 saturated carbocycles. The molecule has 0 unspecified atom stereocenters. The Balaban J connectivity index is 2.70. The molecule has 0 aliphatic heterocycles. The van der Waals surface area contributed by atoms with Crippen molar-refractivity contribution in [3.63, 3.8) is 0 Å². The van der Waals surface area contributed by atoms with Crippen molar-refractivity contribution in [2.24, 2.45) is 5.84 Å². The number of hydrogen-bond donors (Lipinski definition) is 2. The molecular formula is C10H10N2O. The van der Waals surface area contributed by atoms with Crippen LogP contribution >= 0.6 is 0 Å². The number of benzene rings is 1. The number of anilines is 1. The molecule has 1 aromatic carbocycles. The minimum Gasteiger partial charge on any atom is -0.324 e. The molecule has 0 amide bonds. The van der Waals surface area contributed by atoms with Crippen molar-refractivity contribution in [3.8, 4) is 11.8 Å². The van der Waals surface area contributed by atoms with Crippen LogP contribution in [0.15, 0.2) is 24.3 Å². The minimum atomic E-state index is 0.275. The average molecular weight is 174 g/mol. The summed E-state index contributed by atoms with van der Waals surface area (Å²) >= 11 is 0. The summed E-state index contributed by atoms with van der Waals surface area (Å²) in [4.78, 5) is 9.97. The third-order valence-corrected chi connectivity index (χ3v) is 1.47. The van der Waals surface area contributed by atoms with Crippen LogP contribution in [-0.4, -0.2) is 6.29 Å². The van der Waals surface area contributed by atoms with E-state index in [2.05, 4.69) is 17.3 Å². The standard InChI is InChI=1S/C10H10N2O/c11-12-10-6-4-9(5-7-10)3-1-2-8-13/h4-8,12H,2,11H2. The Hall–Kier alpha value is -1.79. The summed E-state index contributed by atoms with van der Waals surface area (Å²) in [5, 5.41) is 0. The van der Waals surface area contributed by atoms with E-state index in [9.17, 15) is 4.79 Å². The predicted molar refractivity (Wildman–Crippen MR) is 51.8 cm³/mol. The van der Waals surface area contributed by atoms with Crippen LogP contribution in [-0.2, 0) is 4.79 Å². The van der Waals surface area contributed by atoms with Crippen molar-refractivity contribution >= 4 is 12.0 Å². The van der Waals surface area contributed by atoms with Gasteiger partial charge in [0.1, 0.15) is 6.29 Å². The van der Waals surface area contributed by atoms with Crippen LogP contribution < -0.4 is 11.3 Å². The fourth-order valence-electron chi connectivity index (χ4n) is 0.845. The molecule has 66 valence electrons. The van der Waals surface area contributed by atoms with Crippen LogP contribution in [0.2, 0.25) is 0 Å². The van der Waals surface area contributed by atoms with Gasteiger partial charge < -0.3 is 10.2 Å². The fraction of sp³-hybridized carbons (Fsp3) is 0.100. The van der Waals surface area contributed by atoms with Gasteiger partial charge in [0.25, 0.3) is 0 Å². The number of hydrogen-bond acceptors (Lipinski definition) is 3. The SMILES string of the molecule is NNc1ccc(C#CCC=O)cc1. The molecular weight excluding hydrogens is 164 g/mol. The number of aldehydes is 1. The largest absolute Gasteiger partial charge is 0.324 e. The number of carbonyl (C=O) groups is 1. The quantitative estimate of drug-likeness (QED) is 0.303. The first-order valence-corrected chi connectivity index (χ1v) is 3.86. The third kappa shape index (κ3) is 2.97. The minimum absolute atomic E-state index is 0.275. The topological polar surface area (TPSA) is 55.1 Å². The lowest BCUT2D eigenvalue weighted by Crippen LogP contribution is -2.05. The smallest absolute Gasteiger partial charge is 0.131 e. The molecule has 0 aliphatic rings. The molecule has 1 rings (SSSR count). The molecule has 0 aliphatic carbocycles. The van der Waals surface area contributed by atoms with Gasteiger partial charge in [0.05, 0.1) is 6.42 Å². The van der Waals surface area contributed by atoms with Crippen LogP contribution in [0, 0.1) is 11.8 Å². The van der Waals surface area contributed by atoms with E-state index in [1.165, 1.54) is 0 Å². The number of nitrogens with two attached hydrogens (primary N) is 1. The summed E-state index contributed by atoms with van der Waals surface area (Å²) in [6.45, 7) is 0. The maximum absolute atomic E-state index is 9.97. The summed E-state index contributed by atoms with van der Waals surface area (Å²) in [5.74, 6) is 10.8. The molecule has 0 fully saturated rings. The van der Waals surface area contributed by atoms with Gasteiger partial charge in [-0.1, -0.05) is 11.8 Å². The normalized spacial score (nSPS) is 8.38. The molecule has 0 saturated heterocycles. The third-order valence-electron chi connectivity index (χ3n) is 1.47. The van der Waals surface area contributed by atoms with E-state index >= 15 is 0 Å². The maximum Gasteiger partial charge on any atom is 0.131 e. The number of rotatable bonds is 2. The van der Waals surface area contributed by atoms with Gasteiger partial charge >= 0.3 is 0 Å². The van der Waals surface area contributed by atoms with Crippen molar-refractivity contribution in [2.75, 3.05) is 5.43 Å². The Morgan fingerprint density at radius 1 is 1.38 bits per heavy atom. The Kier molecular flexibility index (Phi) is 3.55. The zero-order valence-electron chi connectivity index (χ0n) is 7.08. The summed E-state index contributed by atoms with van der Waals surface area (Å²) in [7, 11) is 0. The van der Waals surface area contributed by atoms with Gasteiger partial charge in [-0.15, -0.1) is 0 Å². The van der Waals surface area contributed by atoms with Crippen LogP contribution in [0.25, 0.3) is 0 Å². The first-order chi connectivity index (χ1) is 6.36. The van der Waals surface area contributed by atoms with Crippen LogP contribution in [0.5, 0.6) is 0 Å². The van der Waals surface area contributed by atoms with E-state index in [-0.39, 0.29) is 6.42 Å². The second-order valence-corrected chi connectivity index (χ2v) is 2.39. The number of nitrogens with one attached hydrogen (secondary N) is 1. The summed E-state index contributed by atoms with van der Waals surface area (Å²) in [5.41, 5.74) is 4.23. The Morgan fingerprint density at radius 2 is 2.08 bits per heavy atom. The van der Waals surface area contributed by atoms with Crippen LogP contribution in [0.1, 0.15) is 12.0 Å². The maximum atomic E-state index is 9.97. The molecule has 3 heteroatoms. The van der Waals surface area contributed by atoms with E-state index in [0.29, 0.717) is 0 Å². The lowest BCUT2D eigenvalue weighted by molar-refractivity contribution is -0.107. The van der Waals surface area contributed by atoms with Gasteiger partial charge in [-0.25, -0.2) is 0 Å². The number of carbonyl (C=O) groups excluding carboxylic acids is 1. The first kappa shape index (κ1) is 9.30. The Bertz CT molecular complexity index is 332. The molecule has 0 aromatic heterocycles. The molecule has 0 spiro atoms. The van der Waals surface area contributed by atoms with Crippen molar-refractivity contribution < 1.29 is 4.79 Å². The van der Waals surface area contributed by atoms with Crippen LogP contribution in [0.4, 0.5) is 5.69 Å². The van der Waals surface area contributed by atoms with E-state index in [4.69, 9.17) is 5.84 Å².